The van der Waals surface area contributed by atoms with Crippen molar-refractivity contribution in [3.8, 4) is 0 Å². The molecule has 1 N–H and O–H groups in total. The van der Waals surface area contributed by atoms with Gasteiger partial charge in [-0.1, -0.05) is 49.4 Å². The summed E-state index contributed by atoms with van der Waals surface area (Å²) in [4.78, 5) is 14.8. The second kappa shape index (κ2) is 9.51. The van der Waals surface area contributed by atoms with Gasteiger partial charge >= 0.3 is 0 Å². The van der Waals surface area contributed by atoms with Crippen LogP contribution in [-0.2, 0) is 22.5 Å². The largest absolute Gasteiger partial charge is 0.377 e. The van der Waals surface area contributed by atoms with Gasteiger partial charge in [0.2, 0.25) is 5.91 Å². The summed E-state index contributed by atoms with van der Waals surface area (Å²) in [5.74, 6) is 0.0205. The zero-order valence-corrected chi connectivity index (χ0v) is 15.5. The molecule has 0 spiro atoms. The van der Waals surface area contributed by atoms with Crippen LogP contribution in [0.5, 0.6) is 0 Å². The number of carbonyl (C=O) groups is 1. The molecule has 0 radical (unpaired) electrons. The van der Waals surface area contributed by atoms with Crippen LogP contribution >= 0.6 is 0 Å². The molecule has 1 unspecified atom stereocenters. The van der Waals surface area contributed by atoms with Gasteiger partial charge in [-0.05, 0) is 42.5 Å². The van der Waals surface area contributed by atoms with E-state index in [1.165, 1.54) is 11.1 Å². The van der Waals surface area contributed by atoms with Gasteiger partial charge in [-0.3, -0.25) is 9.69 Å². The number of hydrogen-bond donors (Lipinski definition) is 1. The lowest BCUT2D eigenvalue weighted by atomic mass is 10.1. The van der Waals surface area contributed by atoms with Crippen LogP contribution in [0.25, 0.3) is 0 Å². The normalized spacial score (nSPS) is 16.8. The summed E-state index contributed by atoms with van der Waals surface area (Å²) in [5, 5.41) is 3.04. The van der Waals surface area contributed by atoms with Gasteiger partial charge in [0.1, 0.15) is 0 Å². The second-order valence-corrected chi connectivity index (χ2v) is 6.89. The van der Waals surface area contributed by atoms with Crippen LogP contribution in [0.3, 0.4) is 0 Å². The lowest BCUT2D eigenvalue weighted by Crippen LogP contribution is -2.37. The van der Waals surface area contributed by atoms with Crippen molar-refractivity contribution in [3.63, 3.8) is 0 Å². The van der Waals surface area contributed by atoms with Gasteiger partial charge in [0.25, 0.3) is 0 Å². The molecule has 4 nitrogen and oxygen atoms in total. The van der Waals surface area contributed by atoms with Crippen LogP contribution in [0.4, 0.5) is 5.69 Å². The molecule has 1 aliphatic rings. The molecule has 1 aliphatic heterocycles. The standard InChI is InChI=1S/C22H28N2O2/c1-2-18-10-6-11-20(14-18)23-22(25)17-24(16-21-12-7-13-26-21)15-19-8-4-3-5-9-19/h3-6,8-11,14,21H,2,7,12-13,15-17H2,1H3,(H,23,25). The average molecular weight is 352 g/mol. The van der Waals surface area contributed by atoms with Crippen LogP contribution in [0, 0.1) is 0 Å². The SMILES string of the molecule is CCc1cccc(NC(=O)CN(Cc2ccccc2)CC2CCCO2)c1. The number of ether oxygens (including phenoxy) is 1. The van der Waals surface area contributed by atoms with E-state index in [0.29, 0.717) is 6.54 Å². The Morgan fingerprint density at radius 1 is 1.15 bits per heavy atom. The molecule has 1 saturated heterocycles. The fourth-order valence-electron chi connectivity index (χ4n) is 3.38. The Balaban J connectivity index is 1.62. The minimum Gasteiger partial charge on any atom is -0.377 e. The van der Waals surface area contributed by atoms with Crippen LogP contribution in [0.2, 0.25) is 0 Å². The van der Waals surface area contributed by atoms with E-state index >= 15 is 0 Å². The van der Waals surface area contributed by atoms with Crippen molar-refractivity contribution in [1.29, 1.82) is 0 Å². The summed E-state index contributed by atoms with van der Waals surface area (Å²) < 4.78 is 5.78. The predicted octanol–water partition coefficient (Wildman–Crippen LogP) is 3.87. The minimum atomic E-state index is 0.0205. The molecule has 2 aromatic rings. The molecule has 1 amide bonds. The zero-order valence-electron chi connectivity index (χ0n) is 15.5. The molecule has 3 rings (SSSR count). The van der Waals surface area contributed by atoms with Gasteiger partial charge in [0, 0.05) is 25.4 Å². The summed E-state index contributed by atoms with van der Waals surface area (Å²) in [6.07, 6.45) is 3.38. The molecule has 26 heavy (non-hydrogen) atoms. The first-order chi connectivity index (χ1) is 12.7. The number of nitrogens with one attached hydrogen (secondary N) is 1. The number of anilines is 1. The number of benzene rings is 2. The maximum Gasteiger partial charge on any atom is 0.238 e. The minimum absolute atomic E-state index is 0.0205. The average Bonchev–Trinajstić information content (AvgIpc) is 3.15. The van der Waals surface area contributed by atoms with Crippen molar-refractivity contribution in [2.24, 2.45) is 0 Å². The lowest BCUT2D eigenvalue weighted by molar-refractivity contribution is -0.117. The third-order valence-electron chi connectivity index (χ3n) is 4.72. The molecule has 2 aromatic carbocycles. The van der Waals surface area contributed by atoms with Crippen LogP contribution in [-0.4, -0.2) is 36.6 Å². The smallest absolute Gasteiger partial charge is 0.238 e. The summed E-state index contributed by atoms with van der Waals surface area (Å²) in [6.45, 7) is 4.86. The summed E-state index contributed by atoms with van der Waals surface area (Å²) in [7, 11) is 0. The molecular formula is C22H28N2O2. The maximum absolute atomic E-state index is 12.6. The number of nitrogens with zero attached hydrogens (tertiary/aromatic N) is 1. The van der Waals surface area contributed by atoms with Gasteiger partial charge in [-0.15, -0.1) is 0 Å². The van der Waals surface area contributed by atoms with Crippen molar-refractivity contribution < 1.29 is 9.53 Å². The van der Waals surface area contributed by atoms with E-state index in [1.54, 1.807) is 0 Å². The van der Waals surface area contributed by atoms with Crippen LogP contribution < -0.4 is 5.32 Å². The predicted molar refractivity (Wildman–Crippen MR) is 105 cm³/mol. The quantitative estimate of drug-likeness (QED) is 0.784. The Hall–Kier alpha value is -2.17. The first-order valence-corrected chi connectivity index (χ1v) is 9.49. The van der Waals surface area contributed by atoms with Gasteiger partial charge in [0.05, 0.1) is 12.6 Å². The van der Waals surface area contributed by atoms with E-state index in [1.807, 2.05) is 36.4 Å². The highest BCUT2D eigenvalue weighted by atomic mass is 16.5. The van der Waals surface area contributed by atoms with Gasteiger partial charge in [-0.25, -0.2) is 0 Å². The Labute approximate surface area is 156 Å². The second-order valence-electron chi connectivity index (χ2n) is 6.89. The Morgan fingerprint density at radius 3 is 2.69 bits per heavy atom. The van der Waals surface area contributed by atoms with Crippen molar-refractivity contribution in [1.82, 2.24) is 4.90 Å². The fourth-order valence-corrected chi connectivity index (χ4v) is 3.38. The van der Waals surface area contributed by atoms with Crippen LogP contribution in [0.1, 0.15) is 30.9 Å². The molecule has 0 saturated carbocycles. The molecule has 1 atom stereocenters. The topological polar surface area (TPSA) is 41.6 Å². The number of carbonyl (C=O) groups excluding carboxylic acids is 1. The summed E-state index contributed by atoms with van der Waals surface area (Å²) in [5.41, 5.74) is 3.31. The molecule has 138 valence electrons. The molecule has 0 bridgehead atoms. The van der Waals surface area contributed by atoms with Crippen molar-refractivity contribution in [2.75, 3.05) is 25.0 Å². The van der Waals surface area contributed by atoms with Crippen molar-refractivity contribution >= 4 is 11.6 Å². The number of amides is 1. The van der Waals surface area contributed by atoms with Crippen LogP contribution in [0.15, 0.2) is 54.6 Å². The first-order valence-electron chi connectivity index (χ1n) is 9.49. The fraction of sp³-hybridized carbons (Fsp3) is 0.409. The summed E-state index contributed by atoms with van der Waals surface area (Å²) >= 11 is 0. The van der Waals surface area contributed by atoms with E-state index < -0.39 is 0 Å². The Morgan fingerprint density at radius 2 is 1.96 bits per heavy atom. The molecule has 1 fully saturated rings. The molecule has 0 aromatic heterocycles. The Bertz CT molecular complexity index is 696. The number of rotatable bonds is 8. The third kappa shape index (κ3) is 5.68. The lowest BCUT2D eigenvalue weighted by Gasteiger charge is -2.25. The number of hydrogen-bond acceptors (Lipinski definition) is 3. The molecule has 4 heteroatoms. The zero-order chi connectivity index (χ0) is 18.2. The first kappa shape index (κ1) is 18.6. The van der Waals surface area contributed by atoms with E-state index in [4.69, 9.17) is 4.74 Å². The van der Waals surface area contributed by atoms with E-state index in [0.717, 1.165) is 44.6 Å². The highest BCUT2D eigenvalue weighted by molar-refractivity contribution is 5.92. The van der Waals surface area contributed by atoms with E-state index in [9.17, 15) is 4.79 Å². The number of aryl methyl sites for hydroxylation is 1. The molecule has 0 aliphatic carbocycles. The van der Waals surface area contributed by atoms with Gasteiger partial charge < -0.3 is 10.1 Å². The highest BCUT2D eigenvalue weighted by Gasteiger charge is 2.21. The maximum atomic E-state index is 12.6. The van der Waals surface area contributed by atoms with E-state index in [-0.39, 0.29) is 12.0 Å². The molecule has 1 heterocycles. The van der Waals surface area contributed by atoms with Crippen molar-refractivity contribution in [3.05, 3.63) is 65.7 Å². The summed E-state index contributed by atoms with van der Waals surface area (Å²) in [6, 6.07) is 18.3. The van der Waals surface area contributed by atoms with E-state index in [2.05, 4.69) is 35.3 Å². The third-order valence-corrected chi connectivity index (χ3v) is 4.72. The Kier molecular flexibility index (Phi) is 6.81. The highest BCUT2D eigenvalue weighted by Crippen LogP contribution is 2.16. The monoisotopic (exact) mass is 352 g/mol. The van der Waals surface area contributed by atoms with Crippen molar-refractivity contribution in [2.45, 2.75) is 38.8 Å². The van der Waals surface area contributed by atoms with Gasteiger partial charge in [-0.2, -0.15) is 0 Å². The molecular weight excluding hydrogens is 324 g/mol. The van der Waals surface area contributed by atoms with Gasteiger partial charge in [0.15, 0.2) is 0 Å².